The predicted molar refractivity (Wildman–Crippen MR) is 149 cm³/mol. The van der Waals surface area contributed by atoms with E-state index in [-0.39, 0.29) is 53.2 Å². The molecule has 2 saturated heterocycles. The van der Waals surface area contributed by atoms with E-state index in [2.05, 4.69) is 26.0 Å². The summed E-state index contributed by atoms with van der Waals surface area (Å²) in [6.45, 7) is 5.36. The van der Waals surface area contributed by atoms with Crippen LogP contribution >= 0.6 is 0 Å². The van der Waals surface area contributed by atoms with E-state index in [9.17, 15) is 14.7 Å². The number of aliphatic hydroxyl groups is 1. The van der Waals surface area contributed by atoms with Crippen molar-refractivity contribution in [2.24, 2.45) is 22.7 Å². The normalized spacial score (nSPS) is 48.6. The largest absolute Gasteiger partial charge is 0.390 e. The summed E-state index contributed by atoms with van der Waals surface area (Å²) in [5.41, 5.74) is -2.21. The van der Waals surface area contributed by atoms with Gasteiger partial charge >= 0.3 is 11.4 Å². The number of rotatable bonds is 3. The van der Waals surface area contributed by atoms with E-state index in [0.717, 1.165) is 51.6 Å². The number of para-hydroxylation sites is 1. The van der Waals surface area contributed by atoms with Crippen LogP contribution < -0.4 is 11.4 Å². The summed E-state index contributed by atoms with van der Waals surface area (Å²) in [7, 11) is 0. The van der Waals surface area contributed by atoms with Crippen LogP contribution in [0.25, 0.3) is 5.69 Å². The van der Waals surface area contributed by atoms with Gasteiger partial charge < -0.3 is 19.3 Å². The standard InChI is InChI=1S/C32H39N3O6/c1-29-14-13-22-30(2)26-25(41-26)20(36)18-31(30)15-16-32(22,21(29)11-12-23(29)40-24-10-6-7-17-39-24)35-28(38)33(27(37)34(31)35)19-8-4-3-5-9-19/h3-5,8-9,15-16,20-26,36H,6-7,10-14,17-18H2,1-2H3/t20-,21-,22-,23+,24?,25+,26+,29+,30+,31-,32+/m1/s1. The third kappa shape index (κ3) is 2.74. The summed E-state index contributed by atoms with van der Waals surface area (Å²) >= 11 is 0. The van der Waals surface area contributed by atoms with Crippen molar-refractivity contribution in [1.29, 1.82) is 0 Å². The van der Waals surface area contributed by atoms with Crippen LogP contribution in [0.15, 0.2) is 52.1 Å². The average Bonchev–Trinajstić information content (AvgIpc) is 3.67. The van der Waals surface area contributed by atoms with Crippen LogP contribution in [-0.2, 0) is 25.3 Å². The highest BCUT2D eigenvalue weighted by atomic mass is 16.7. The van der Waals surface area contributed by atoms with Gasteiger partial charge in [0.05, 0.1) is 35.1 Å². The second kappa shape index (κ2) is 7.92. The van der Waals surface area contributed by atoms with Crippen LogP contribution in [0.3, 0.4) is 0 Å². The fraction of sp³-hybridized carbons (Fsp3) is 0.688. The lowest BCUT2D eigenvalue weighted by Gasteiger charge is -2.70. The highest BCUT2D eigenvalue weighted by Gasteiger charge is 2.81. The highest BCUT2D eigenvalue weighted by Crippen LogP contribution is 2.75. The van der Waals surface area contributed by atoms with Gasteiger partial charge in [-0.15, -0.1) is 0 Å². The second-order valence-electron chi connectivity index (χ2n) is 14.2. The first kappa shape index (κ1) is 25.1. The molecule has 41 heavy (non-hydrogen) atoms. The van der Waals surface area contributed by atoms with E-state index in [0.29, 0.717) is 12.1 Å². The van der Waals surface area contributed by atoms with Gasteiger partial charge in [-0.3, -0.25) is 0 Å². The summed E-state index contributed by atoms with van der Waals surface area (Å²) in [5.74, 6) is 0.196. The van der Waals surface area contributed by atoms with Gasteiger partial charge in [0.1, 0.15) is 6.10 Å². The number of aliphatic hydroxyl groups excluding tert-OH is 1. The molecule has 4 aliphatic carbocycles. The number of aromatic nitrogens is 3. The Morgan fingerprint density at radius 1 is 0.951 bits per heavy atom. The monoisotopic (exact) mass is 561 g/mol. The number of epoxide rings is 1. The molecular formula is C32H39N3O6. The van der Waals surface area contributed by atoms with Crippen molar-refractivity contribution in [3.63, 3.8) is 0 Å². The molecule has 3 saturated carbocycles. The molecule has 1 N–H and O–H groups in total. The minimum atomic E-state index is -0.842. The topological polar surface area (TPSA) is 100 Å². The van der Waals surface area contributed by atoms with Crippen LogP contribution in [0, 0.1) is 22.7 Å². The van der Waals surface area contributed by atoms with Crippen LogP contribution in [0.5, 0.6) is 0 Å². The summed E-state index contributed by atoms with van der Waals surface area (Å²) in [6.07, 6.45) is 10.5. The fourth-order valence-electron chi connectivity index (χ4n) is 11.0. The van der Waals surface area contributed by atoms with Gasteiger partial charge in [-0.1, -0.05) is 44.2 Å². The molecule has 1 unspecified atom stereocenters. The first-order chi connectivity index (χ1) is 19.8. The first-order valence-corrected chi connectivity index (χ1v) is 15.6. The average molecular weight is 562 g/mol. The summed E-state index contributed by atoms with van der Waals surface area (Å²) in [6, 6.07) is 9.24. The Morgan fingerprint density at radius 2 is 1.76 bits per heavy atom. The van der Waals surface area contributed by atoms with Gasteiger partial charge in [0, 0.05) is 18.4 Å². The van der Waals surface area contributed by atoms with Crippen molar-refractivity contribution in [3.05, 3.63) is 63.5 Å². The van der Waals surface area contributed by atoms with E-state index in [4.69, 9.17) is 14.2 Å². The minimum Gasteiger partial charge on any atom is -0.390 e. The molecule has 5 fully saturated rings. The smallest absolute Gasteiger partial charge is 0.352 e. The first-order valence-electron chi connectivity index (χ1n) is 15.6. The van der Waals surface area contributed by atoms with E-state index in [1.54, 1.807) is 4.68 Å². The van der Waals surface area contributed by atoms with Gasteiger partial charge in [-0.25, -0.2) is 23.5 Å². The molecule has 0 amide bonds. The Morgan fingerprint density at radius 3 is 2.54 bits per heavy atom. The number of nitrogens with zero attached hydrogens (tertiary/aromatic N) is 3. The van der Waals surface area contributed by atoms with Crippen LogP contribution in [0.4, 0.5) is 0 Å². The van der Waals surface area contributed by atoms with Crippen molar-refractivity contribution < 1.29 is 19.3 Å². The predicted octanol–water partition coefficient (Wildman–Crippen LogP) is 3.05. The van der Waals surface area contributed by atoms with Crippen molar-refractivity contribution >= 4 is 0 Å². The van der Waals surface area contributed by atoms with Crippen LogP contribution in [0.2, 0.25) is 0 Å². The molecule has 0 radical (unpaired) electrons. The number of hydrogen-bond acceptors (Lipinski definition) is 6. The molecular weight excluding hydrogens is 522 g/mol. The van der Waals surface area contributed by atoms with Crippen molar-refractivity contribution in [3.8, 4) is 5.69 Å². The Labute approximate surface area is 238 Å². The number of benzene rings is 1. The van der Waals surface area contributed by atoms with Gasteiger partial charge in [0.15, 0.2) is 6.29 Å². The lowest BCUT2D eigenvalue weighted by Crippen LogP contribution is -2.78. The molecule has 2 bridgehead atoms. The van der Waals surface area contributed by atoms with Crippen molar-refractivity contribution in [1.82, 2.24) is 13.9 Å². The van der Waals surface area contributed by atoms with Crippen LogP contribution in [0.1, 0.15) is 65.2 Å². The Kier molecular flexibility index (Phi) is 4.85. The minimum absolute atomic E-state index is 0.0333. The van der Waals surface area contributed by atoms with Crippen molar-refractivity contribution in [2.45, 2.75) is 107 Å². The molecule has 9 nitrogen and oxygen atoms in total. The number of allylic oxidation sites excluding steroid dienone is 2. The molecule has 11 atom stereocenters. The maximum Gasteiger partial charge on any atom is 0.352 e. The molecule has 2 spiro atoms. The summed E-state index contributed by atoms with van der Waals surface area (Å²) < 4.78 is 23.9. The molecule has 9 heteroatoms. The SMILES string of the molecule is C[C@]12CC[C@H]3[C@]4(C=C[C@]5(C[C@@H](O)[C@@H]6O[C@@H]6[C@]35C)n3c(=O)n(-c5ccccc5)c(=O)n34)[C@@H]1CC[C@@H]2OC1CCCCO1. The van der Waals surface area contributed by atoms with Gasteiger partial charge in [0.2, 0.25) is 0 Å². The zero-order chi connectivity index (χ0) is 27.9. The maximum absolute atomic E-state index is 14.6. The Hall–Kier alpha value is -2.46. The van der Waals surface area contributed by atoms with Gasteiger partial charge in [-0.2, -0.15) is 0 Å². The molecule has 218 valence electrons. The second-order valence-corrected chi connectivity index (χ2v) is 14.2. The molecule has 5 heterocycles. The quantitative estimate of drug-likeness (QED) is 0.457. The highest BCUT2D eigenvalue weighted by molar-refractivity contribution is 5.40. The zero-order valence-electron chi connectivity index (χ0n) is 23.8. The Bertz CT molecular complexity index is 1570. The Balaban J connectivity index is 1.27. The molecule has 10 rings (SSSR count). The molecule has 8 aliphatic rings. The van der Waals surface area contributed by atoms with E-state index < -0.39 is 22.6 Å². The molecule has 1 aromatic heterocycles. The van der Waals surface area contributed by atoms with E-state index >= 15 is 0 Å². The number of hydrogen-bond donors (Lipinski definition) is 1. The van der Waals surface area contributed by atoms with Crippen LogP contribution in [-0.4, -0.2) is 56.4 Å². The van der Waals surface area contributed by atoms with E-state index in [1.807, 2.05) is 35.0 Å². The molecule has 2 aromatic rings. The van der Waals surface area contributed by atoms with Gasteiger partial charge in [0.25, 0.3) is 0 Å². The third-order valence-corrected chi connectivity index (χ3v) is 12.8. The lowest BCUT2D eigenvalue weighted by molar-refractivity contribution is -0.233. The lowest BCUT2D eigenvalue weighted by atomic mass is 9.41. The molecule has 4 aliphatic heterocycles. The fourth-order valence-corrected chi connectivity index (χ4v) is 11.0. The summed E-state index contributed by atoms with van der Waals surface area (Å²) in [5, 5.41) is 11.2. The zero-order valence-corrected chi connectivity index (χ0v) is 23.8. The van der Waals surface area contributed by atoms with Gasteiger partial charge in [-0.05, 0) is 74.3 Å². The summed E-state index contributed by atoms with van der Waals surface area (Å²) in [4.78, 5) is 29.2. The van der Waals surface area contributed by atoms with Crippen molar-refractivity contribution in [2.75, 3.05) is 6.61 Å². The third-order valence-electron chi connectivity index (χ3n) is 12.8. The number of fused-ring (bicyclic) bond motifs is 2. The molecule has 1 aromatic carbocycles. The van der Waals surface area contributed by atoms with E-state index in [1.165, 1.54) is 4.57 Å². The number of ether oxygens (including phenoxy) is 3. The maximum atomic E-state index is 14.6.